The van der Waals surface area contributed by atoms with Crippen LogP contribution in [0.1, 0.15) is 6.42 Å². The van der Waals surface area contributed by atoms with Gasteiger partial charge in [0.15, 0.2) is 5.05 Å². The normalized spacial score (nSPS) is 8.29. The van der Waals surface area contributed by atoms with Gasteiger partial charge in [0.1, 0.15) is 0 Å². The molecule has 0 saturated heterocycles. The van der Waals surface area contributed by atoms with E-state index in [9.17, 15) is 0 Å². The molecule has 2 nitrogen and oxygen atoms in total. The third-order valence-corrected chi connectivity index (χ3v) is 0.928. The summed E-state index contributed by atoms with van der Waals surface area (Å²) in [7, 11) is 1.53. The van der Waals surface area contributed by atoms with E-state index in [1.54, 1.807) is 0 Å². The zero-order valence-corrected chi connectivity index (χ0v) is 5.05. The van der Waals surface area contributed by atoms with Crippen LogP contribution >= 0.6 is 12.2 Å². The second-order valence-electron chi connectivity index (χ2n) is 1.08. The molecule has 0 aromatic heterocycles. The molecule has 1 radical (unpaired) electrons. The molecule has 0 heterocycles. The van der Waals surface area contributed by atoms with Gasteiger partial charge in [0.25, 0.3) is 0 Å². The molecule has 0 bridgehead atoms. The Morgan fingerprint density at radius 2 is 2.43 bits per heavy atom. The molecule has 0 aliphatic heterocycles. The summed E-state index contributed by atoms with van der Waals surface area (Å²) in [6.45, 7) is 0.326. The molecule has 0 aromatic rings. The van der Waals surface area contributed by atoms with Crippen LogP contribution in [-0.2, 0) is 4.74 Å². The van der Waals surface area contributed by atoms with Crippen LogP contribution < -0.4 is 5.73 Å². The molecule has 7 heavy (non-hydrogen) atoms. The van der Waals surface area contributed by atoms with E-state index in [0.717, 1.165) is 0 Å². The lowest BCUT2D eigenvalue weighted by atomic mass is 10.5. The van der Waals surface area contributed by atoms with E-state index >= 15 is 0 Å². The van der Waals surface area contributed by atoms with Crippen LogP contribution in [0.15, 0.2) is 0 Å². The topological polar surface area (TPSA) is 33.0 Å². The highest BCUT2D eigenvalue weighted by atomic mass is 32.1. The molecule has 0 amide bonds. The van der Waals surface area contributed by atoms with Gasteiger partial charge in [0.05, 0.1) is 7.11 Å². The molecule has 0 fully saturated rings. The molecule has 0 spiro atoms. The molecule has 0 atom stereocenters. The first-order valence-corrected chi connectivity index (χ1v) is 2.43. The summed E-state index contributed by atoms with van der Waals surface area (Å²) in [4.78, 5) is 0. The van der Waals surface area contributed by atoms with Crippen LogP contribution in [0.4, 0.5) is 0 Å². The predicted molar refractivity (Wildman–Crippen MR) is 32.2 cm³/mol. The molecule has 41 valence electrons. The van der Waals surface area contributed by atoms with Crippen molar-refractivity contribution >= 4 is 17.3 Å². The summed E-state index contributed by atoms with van der Waals surface area (Å²) in [5, 5.41) is 0.523. The van der Waals surface area contributed by atoms with Gasteiger partial charge in [-0.2, -0.15) is 0 Å². The zero-order valence-electron chi connectivity index (χ0n) is 4.23. The van der Waals surface area contributed by atoms with Crippen LogP contribution in [0.5, 0.6) is 0 Å². The fourth-order valence-corrected chi connectivity index (χ4v) is 0.306. The number of nitrogens with one attached hydrogen (secondary N) is 1. The van der Waals surface area contributed by atoms with Crippen molar-refractivity contribution in [1.29, 1.82) is 0 Å². The fraction of sp³-hybridized carbons (Fsp3) is 0.750. The van der Waals surface area contributed by atoms with Gasteiger partial charge in [0.2, 0.25) is 0 Å². The summed E-state index contributed by atoms with van der Waals surface area (Å²) in [5.41, 5.74) is 6.67. The van der Waals surface area contributed by atoms with Gasteiger partial charge >= 0.3 is 0 Å². The third-order valence-electron chi connectivity index (χ3n) is 0.557. The first-order valence-electron chi connectivity index (χ1n) is 2.02. The average molecular weight is 118 g/mol. The van der Waals surface area contributed by atoms with Crippen molar-refractivity contribution < 1.29 is 4.74 Å². The maximum atomic E-state index is 6.67. The van der Waals surface area contributed by atoms with Gasteiger partial charge in [-0.1, -0.05) is 0 Å². The Labute approximate surface area is 48.6 Å². The molecule has 0 rings (SSSR count). The van der Waals surface area contributed by atoms with Crippen molar-refractivity contribution in [2.24, 2.45) is 0 Å². The second-order valence-corrected chi connectivity index (χ2v) is 1.53. The number of hydrogen-bond acceptors (Lipinski definition) is 2. The zero-order chi connectivity index (χ0) is 5.70. The van der Waals surface area contributed by atoms with Crippen molar-refractivity contribution in [3.63, 3.8) is 0 Å². The van der Waals surface area contributed by atoms with Crippen LogP contribution in [-0.4, -0.2) is 18.7 Å². The van der Waals surface area contributed by atoms with E-state index in [0.29, 0.717) is 18.0 Å². The van der Waals surface area contributed by atoms with Crippen LogP contribution in [0.3, 0.4) is 0 Å². The van der Waals surface area contributed by atoms with E-state index < -0.39 is 0 Å². The molecule has 0 saturated carbocycles. The third kappa shape index (κ3) is 3.69. The molecular formula is C4H8NOS. The molecule has 0 aliphatic carbocycles. The number of methoxy groups -OCH3 is 1. The van der Waals surface area contributed by atoms with E-state index in [2.05, 4.69) is 17.0 Å². The molecular weight excluding hydrogens is 110 g/mol. The summed E-state index contributed by atoms with van der Waals surface area (Å²) in [6.07, 6.45) is 0.575. The minimum Gasteiger partial charge on any atom is -0.490 e. The summed E-state index contributed by atoms with van der Waals surface area (Å²) < 4.78 is 4.60. The average Bonchev–Trinajstić information content (AvgIpc) is 1.68. The molecule has 0 unspecified atom stereocenters. The summed E-state index contributed by atoms with van der Waals surface area (Å²) in [5.74, 6) is 0. The quantitative estimate of drug-likeness (QED) is 0.498. The van der Waals surface area contributed by atoms with Crippen molar-refractivity contribution in [3.05, 3.63) is 0 Å². The molecule has 0 aromatic carbocycles. The lowest BCUT2D eigenvalue weighted by molar-refractivity contribution is 0.403. The van der Waals surface area contributed by atoms with E-state index in [1.165, 1.54) is 7.11 Å². The number of hydrogen-bond donors (Lipinski definition) is 0. The smallest absolute Gasteiger partial charge is 0.160 e. The van der Waals surface area contributed by atoms with Gasteiger partial charge in [-0.25, -0.2) is 0 Å². The Kier molecular flexibility index (Phi) is 3.93. The summed E-state index contributed by atoms with van der Waals surface area (Å²) in [6, 6.07) is 0. The lowest BCUT2D eigenvalue weighted by Gasteiger charge is -1.94. The molecule has 1 N–H and O–H groups in total. The SMILES string of the molecule is COC(=S)CC[NH]. The van der Waals surface area contributed by atoms with E-state index in [1.807, 2.05) is 0 Å². The van der Waals surface area contributed by atoms with Gasteiger partial charge in [-0.15, -0.1) is 0 Å². The van der Waals surface area contributed by atoms with Crippen molar-refractivity contribution in [1.82, 2.24) is 5.73 Å². The molecule has 3 heteroatoms. The highest BCUT2D eigenvalue weighted by molar-refractivity contribution is 7.80. The van der Waals surface area contributed by atoms with Gasteiger partial charge in [-0.3, -0.25) is 5.73 Å². The fourth-order valence-electron chi connectivity index (χ4n) is 0.204. The van der Waals surface area contributed by atoms with Crippen molar-refractivity contribution in [2.45, 2.75) is 6.42 Å². The first kappa shape index (κ1) is 6.85. The molecule has 0 aliphatic rings. The predicted octanol–water partition coefficient (Wildman–Crippen LogP) is 0.633. The number of rotatable bonds is 2. The monoisotopic (exact) mass is 118 g/mol. The maximum Gasteiger partial charge on any atom is 0.160 e. The Hall–Kier alpha value is -0.150. The Balaban J connectivity index is 3.00. The lowest BCUT2D eigenvalue weighted by Crippen LogP contribution is -1.99. The van der Waals surface area contributed by atoms with Crippen LogP contribution in [0.25, 0.3) is 0 Å². The highest BCUT2D eigenvalue weighted by Gasteiger charge is 1.87. The Morgan fingerprint density at radius 1 is 1.86 bits per heavy atom. The highest BCUT2D eigenvalue weighted by Crippen LogP contribution is 1.82. The van der Waals surface area contributed by atoms with Gasteiger partial charge in [-0.05, 0) is 12.2 Å². The van der Waals surface area contributed by atoms with Crippen LogP contribution in [0.2, 0.25) is 0 Å². The largest absolute Gasteiger partial charge is 0.490 e. The standard InChI is InChI=1S/C4H8NOS/c1-6-4(7)2-3-5/h5H,2-3H2,1H3. The van der Waals surface area contributed by atoms with E-state index in [-0.39, 0.29) is 0 Å². The van der Waals surface area contributed by atoms with Crippen molar-refractivity contribution in [3.8, 4) is 0 Å². The van der Waals surface area contributed by atoms with Crippen LogP contribution in [0, 0.1) is 0 Å². The Morgan fingerprint density at radius 3 is 2.57 bits per heavy atom. The maximum absolute atomic E-state index is 6.67. The van der Waals surface area contributed by atoms with E-state index in [4.69, 9.17) is 5.73 Å². The summed E-state index contributed by atoms with van der Waals surface area (Å²) >= 11 is 4.61. The minimum absolute atomic E-state index is 0.326. The van der Waals surface area contributed by atoms with Gasteiger partial charge in [0, 0.05) is 13.0 Å². The van der Waals surface area contributed by atoms with Gasteiger partial charge < -0.3 is 4.74 Å². The number of thiocarbonyl (C=S) groups is 1. The minimum atomic E-state index is 0.326. The second kappa shape index (κ2) is 4.02. The number of ether oxygens (including phenoxy) is 1. The van der Waals surface area contributed by atoms with Crippen molar-refractivity contribution in [2.75, 3.05) is 13.7 Å². The Bertz CT molecular complexity index is 64.7. The first-order chi connectivity index (χ1) is 3.31.